The summed E-state index contributed by atoms with van der Waals surface area (Å²) in [7, 11) is -3.94. The summed E-state index contributed by atoms with van der Waals surface area (Å²) in [6, 6.07) is 20.7. The van der Waals surface area contributed by atoms with Crippen molar-refractivity contribution in [1.29, 1.82) is 0 Å². The Morgan fingerprint density at radius 3 is 2.26 bits per heavy atom. The summed E-state index contributed by atoms with van der Waals surface area (Å²) in [5.41, 5.74) is 2.75. The van der Waals surface area contributed by atoms with Crippen molar-refractivity contribution < 1.29 is 18.0 Å². The summed E-state index contributed by atoms with van der Waals surface area (Å²) in [6.45, 7) is 3.88. The number of rotatable bonds is 12. The summed E-state index contributed by atoms with van der Waals surface area (Å²) in [6.07, 6.45) is 1.98. The highest BCUT2D eigenvalue weighted by Gasteiger charge is 2.33. The van der Waals surface area contributed by atoms with Crippen LogP contribution in [0.25, 0.3) is 0 Å². The Morgan fingerprint density at radius 2 is 1.62 bits per heavy atom. The van der Waals surface area contributed by atoms with Crippen LogP contribution in [0.15, 0.2) is 72.8 Å². The van der Waals surface area contributed by atoms with Crippen LogP contribution in [0, 0.1) is 6.92 Å². The number of aryl methyl sites for hydroxylation is 1. The molecule has 0 radical (unpaired) electrons. The normalized spacial score (nSPS) is 12.0. The second kappa shape index (κ2) is 13.8. The molecule has 0 saturated heterocycles. The lowest BCUT2D eigenvalue weighted by Crippen LogP contribution is -2.53. The Hall–Kier alpha value is -3.07. The zero-order valence-electron chi connectivity index (χ0n) is 22.2. The Bertz CT molecular complexity index is 1400. The van der Waals surface area contributed by atoms with Crippen LogP contribution >= 0.6 is 23.2 Å². The SMILES string of the molecule is CCCNC(=O)[C@H](Cc1ccccc1)N(Cc1ccccc1C)C(=O)CN(c1cccc(Cl)c1Cl)S(C)(=O)=O. The second-order valence-electron chi connectivity index (χ2n) is 9.29. The van der Waals surface area contributed by atoms with Crippen LogP contribution in [-0.2, 0) is 32.6 Å². The van der Waals surface area contributed by atoms with Crippen LogP contribution in [0.4, 0.5) is 5.69 Å². The lowest BCUT2D eigenvalue weighted by Gasteiger charge is -2.34. The molecule has 208 valence electrons. The first-order valence-electron chi connectivity index (χ1n) is 12.6. The van der Waals surface area contributed by atoms with Crippen molar-refractivity contribution in [2.45, 2.75) is 39.3 Å². The van der Waals surface area contributed by atoms with E-state index in [4.69, 9.17) is 23.2 Å². The van der Waals surface area contributed by atoms with Crippen molar-refractivity contribution in [2.75, 3.05) is 23.7 Å². The number of nitrogens with zero attached hydrogens (tertiary/aromatic N) is 2. The first-order chi connectivity index (χ1) is 18.5. The van der Waals surface area contributed by atoms with Gasteiger partial charge in [-0.2, -0.15) is 0 Å². The Morgan fingerprint density at radius 1 is 0.949 bits per heavy atom. The van der Waals surface area contributed by atoms with Crippen molar-refractivity contribution >= 4 is 50.7 Å². The van der Waals surface area contributed by atoms with Crippen molar-refractivity contribution in [3.05, 3.63) is 99.5 Å². The Kier molecular flexibility index (Phi) is 10.8. The van der Waals surface area contributed by atoms with Gasteiger partial charge in [-0.1, -0.05) is 90.8 Å². The molecule has 39 heavy (non-hydrogen) atoms. The highest BCUT2D eigenvalue weighted by molar-refractivity contribution is 7.92. The maximum atomic E-state index is 14.1. The summed E-state index contributed by atoms with van der Waals surface area (Å²) in [4.78, 5) is 29.0. The predicted molar refractivity (Wildman–Crippen MR) is 158 cm³/mol. The van der Waals surface area contributed by atoms with Crippen LogP contribution in [0.1, 0.15) is 30.0 Å². The van der Waals surface area contributed by atoms with E-state index in [0.717, 1.165) is 33.7 Å². The molecule has 0 aliphatic rings. The molecule has 10 heteroatoms. The Balaban J connectivity index is 2.08. The second-order valence-corrected chi connectivity index (χ2v) is 12.0. The van der Waals surface area contributed by atoms with Gasteiger partial charge >= 0.3 is 0 Å². The molecule has 0 aliphatic carbocycles. The fraction of sp³-hybridized carbons (Fsp3) is 0.310. The molecule has 2 amide bonds. The van der Waals surface area contributed by atoms with Gasteiger partial charge in [0.15, 0.2) is 0 Å². The molecular formula is C29H33Cl2N3O4S. The average Bonchev–Trinajstić information content (AvgIpc) is 2.90. The molecule has 0 spiro atoms. The quantitative estimate of drug-likeness (QED) is 0.313. The molecule has 1 atom stereocenters. The molecule has 3 rings (SSSR count). The molecule has 0 fully saturated rings. The average molecular weight is 591 g/mol. The molecule has 3 aromatic carbocycles. The topological polar surface area (TPSA) is 86.8 Å². The summed E-state index contributed by atoms with van der Waals surface area (Å²) in [5.74, 6) is -0.860. The van der Waals surface area contributed by atoms with Gasteiger partial charge in [0.05, 0.1) is 22.0 Å². The number of hydrogen-bond donors (Lipinski definition) is 1. The number of carbonyl (C=O) groups excluding carboxylic acids is 2. The molecule has 0 bridgehead atoms. The minimum absolute atomic E-state index is 0.0179. The lowest BCUT2D eigenvalue weighted by atomic mass is 10.0. The van der Waals surface area contributed by atoms with Crippen molar-refractivity contribution in [3.8, 4) is 0 Å². The number of nitrogens with one attached hydrogen (secondary N) is 1. The predicted octanol–water partition coefficient (Wildman–Crippen LogP) is 5.23. The fourth-order valence-corrected chi connectivity index (χ4v) is 5.47. The molecule has 0 unspecified atom stereocenters. The minimum Gasteiger partial charge on any atom is -0.354 e. The number of sulfonamides is 1. The molecule has 0 heterocycles. The van der Waals surface area contributed by atoms with Crippen LogP contribution < -0.4 is 9.62 Å². The number of carbonyl (C=O) groups is 2. The van der Waals surface area contributed by atoms with Gasteiger partial charge in [-0.3, -0.25) is 13.9 Å². The molecular weight excluding hydrogens is 557 g/mol. The van der Waals surface area contributed by atoms with Crippen molar-refractivity contribution in [2.24, 2.45) is 0 Å². The maximum Gasteiger partial charge on any atom is 0.244 e. The van der Waals surface area contributed by atoms with E-state index in [1.807, 2.05) is 68.4 Å². The fourth-order valence-electron chi connectivity index (χ4n) is 4.17. The smallest absolute Gasteiger partial charge is 0.244 e. The van der Waals surface area contributed by atoms with E-state index in [2.05, 4.69) is 5.32 Å². The monoisotopic (exact) mass is 589 g/mol. The van der Waals surface area contributed by atoms with Crippen molar-refractivity contribution in [1.82, 2.24) is 10.2 Å². The van der Waals surface area contributed by atoms with Crippen LogP contribution in [0.5, 0.6) is 0 Å². The van der Waals surface area contributed by atoms with Gasteiger partial charge in [0.25, 0.3) is 0 Å². The number of anilines is 1. The van der Waals surface area contributed by atoms with Gasteiger partial charge < -0.3 is 10.2 Å². The van der Waals surface area contributed by atoms with Gasteiger partial charge in [-0.05, 0) is 42.2 Å². The number of halogens is 2. The highest BCUT2D eigenvalue weighted by Crippen LogP contribution is 2.34. The molecule has 7 nitrogen and oxygen atoms in total. The number of amides is 2. The molecule has 0 saturated carbocycles. The van der Waals surface area contributed by atoms with Crippen LogP contribution in [-0.4, -0.2) is 50.5 Å². The lowest BCUT2D eigenvalue weighted by molar-refractivity contribution is -0.140. The standard InChI is InChI=1S/C29H33Cl2N3O4S/c1-4-17-32-29(36)26(18-22-12-6-5-7-13-22)33(19-23-14-9-8-11-21(23)2)27(35)20-34(39(3,37)38)25-16-10-15-24(30)28(25)31/h5-16,26H,4,17-20H2,1-3H3,(H,32,36)/t26-/m0/s1. The maximum absolute atomic E-state index is 14.1. The van der Waals surface area contributed by atoms with Gasteiger partial charge in [0.2, 0.25) is 21.8 Å². The zero-order chi connectivity index (χ0) is 28.6. The van der Waals surface area contributed by atoms with Gasteiger partial charge in [0.1, 0.15) is 12.6 Å². The van der Waals surface area contributed by atoms with Gasteiger partial charge in [0, 0.05) is 19.5 Å². The number of benzene rings is 3. The highest BCUT2D eigenvalue weighted by atomic mass is 35.5. The van der Waals surface area contributed by atoms with E-state index < -0.39 is 28.5 Å². The van der Waals surface area contributed by atoms with E-state index in [-0.39, 0.29) is 34.6 Å². The third-order valence-electron chi connectivity index (χ3n) is 6.30. The van der Waals surface area contributed by atoms with Crippen LogP contribution in [0.2, 0.25) is 10.0 Å². The largest absolute Gasteiger partial charge is 0.354 e. The Labute approximate surface area is 240 Å². The minimum atomic E-state index is -3.94. The first kappa shape index (κ1) is 30.5. The van der Waals surface area contributed by atoms with Gasteiger partial charge in [-0.25, -0.2) is 8.42 Å². The molecule has 3 aromatic rings. The summed E-state index contributed by atoms with van der Waals surface area (Å²) < 4.78 is 26.7. The molecule has 0 aromatic heterocycles. The first-order valence-corrected chi connectivity index (χ1v) is 15.2. The van der Waals surface area contributed by atoms with Crippen LogP contribution in [0.3, 0.4) is 0 Å². The summed E-state index contributed by atoms with van der Waals surface area (Å²) >= 11 is 12.5. The van der Waals surface area contributed by atoms with E-state index in [1.54, 1.807) is 6.07 Å². The van der Waals surface area contributed by atoms with E-state index >= 15 is 0 Å². The third-order valence-corrected chi connectivity index (χ3v) is 8.24. The molecule has 0 aliphatic heterocycles. The third kappa shape index (κ3) is 8.21. The summed E-state index contributed by atoms with van der Waals surface area (Å²) in [5, 5.41) is 3.10. The van der Waals surface area contributed by atoms with E-state index in [0.29, 0.717) is 6.54 Å². The zero-order valence-corrected chi connectivity index (χ0v) is 24.6. The van der Waals surface area contributed by atoms with Gasteiger partial charge in [-0.15, -0.1) is 0 Å². The number of hydrogen-bond acceptors (Lipinski definition) is 4. The van der Waals surface area contributed by atoms with E-state index in [9.17, 15) is 18.0 Å². The molecule has 1 N–H and O–H groups in total. The van der Waals surface area contributed by atoms with E-state index in [1.165, 1.54) is 17.0 Å². The van der Waals surface area contributed by atoms with Crippen molar-refractivity contribution in [3.63, 3.8) is 0 Å².